The SMILES string of the molecule is CC(C)(C)NC(=O)N1CCC(CNC(=O)C(=O)Nc2cccc(Cl)c2)CC1. The van der Waals surface area contributed by atoms with Gasteiger partial charge in [0.2, 0.25) is 0 Å². The van der Waals surface area contributed by atoms with Crippen LogP contribution < -0.4 is 16.0 Å². The molecule has 1 fully saturated rings. The number of urea groups is 1. The molecule has 0 bridgehead atoms. The molecule has 2 rings (SSSR count). The smallest absolute Gasteiger partial charge is 0.317 e. The molecule has 0 unspecified atom stereocenters. The summed E-state index contributed by atoms with van der Waals surface area (Å²) in [5.41, 5.74) is 0.207. The molecule has 4 amide bonds. The molecule has 1 heterocycles. The van der Waals surface area contributed by atoms with Crippen molar-refractivity contribution in [3.8, 4) is 0 Å². The summed E-state index contributed by atoms with van der Waals surface area (Å²) in [5, 5.41) is 8.62. The number of amides is 4. The van der Waals surface area contributed by atoms with Crippen LogP contribution in [-0.2, 0) is 9.59 Å². The lowest BCUT2D eigenvalue weighted by Crippen LogP contribution is -2.51. The van der Waals surface area contributed by atoms with Gasteiger partial charge in [0.25, 0.3) is 0 Å². The molecule has 3 N–H and O–H groups in total. The van der Waals surface area contributed by atoms with Gasteiger partial charge in [0.1, 0.15) is 0 Å². The summed E-state index contributed by atoms with van der Waals surface area (Å²) >= 11 is 5.86. The average Bonchev–Trinajstić information content (AvgIpc) is 2.58. The lowest BCUT2D eigenvalue weighted by atomic mass is 9.97. The molecule has 1 aromatic rings. The van der Waals surface area contributed by atoms with Gasteiger partial charge in [0, 0.05) is 35.9 Å². The molecule has 8 heteroatoms. The maximum Gasteiger partial charge on any atom is 0.317 e. The number of hydrogen-bond donors (Lipinski definition) is 3. The summed E-state index contributed by atoms with van der Waals surface area (Å²) in [6.45, 7) is 7.52. The van der Waals surface area contributed by atoms with E-state index in [9.17, 15) is 14.4 Å². The summed E-state index contributed by atoms with van der Waals surface area (Å²) in [6.07, 6.45) is 1.57. The zero-order valence-electron chi connectivity index (χ0n) is 16.0. The highest BCUT2D eigenvalue weighted by molar-refractivity contribution is 6.39. The zero-order valence-corrected chi connectivity index (χ0v) is 16.7. The standard InChI is InChI=1S/C19H27ClN4O3/c1-19(2,3)23-18(27)24-9-7-13(8-10-24)12-21-16(25)17(26)22-15-6-4-5-14(20)11-15/h4-6,11,13H,7-10,12H2,1-3H3,(H,21,25)(H,22,26)(H,23,27). The molecule has 148 valence electrons. The fourth-order valence-corrected chi connectivity index (χ4v) is 3.00. The number of piperidine rings is 1. The van der Waals surface area contributed by atoms with Gasteiger partial charge in [-0.1, -0.05) is 17.7 Å². The van der Waals surface area contributed by atoms with Crippen LogP contribution in [0.5, 0.6) is 0 Å². The maximum absolute atomic E-state index is 12.2. The molecular formula is C19H27ClN4O3. The van der Waals surface area contributed by atoms with Crippen LogP contribution in [0.4, 0.5) is 10.5 Å². The molecule has 1 aromatic carbocycles. The Labute approximate surface area is 164 Å². The highest BCUT2D eigenvalue weighted by Gasteiger charge is 2.26. The van der Waals surface area contributed by atoms with Gasteiger partial charge in [-0.2, -0.15) is 0 Å². The van der Waals surface area contributed by atoms with Crippen molar-refractivity contribution in [1.82, 2.24) is 15.5 Å². The van der Waals surface area contributed by atoms with Crippen molar-refractivity contribution < 1.29 is 14.4 Å². The summed E-state index contributed by atoms with van der Waals surface area (Å²) in [7, 11) is 0. The second-order valence-electron chi connectivity index (χ2n) is 7.79. The third-order valence-electron chi connectivity index (χ3n) is 4.22. The normalized spacial score (nSPS) is 15.2. The number of nitrogens with zero attached hydrogens (tertiary/aromatic N) is 1. The van der Waals surface area contributed by atoms with Gasteiger partial charge in [0.15, 0.2) is 0 Å². The molecule has 0 aliphatic carbocycles. The van der Waals surface area contributed by atoms with E-state index < -0.39 is 11.8 Å². The summed E-state index contributed by atoms with van der Waals surface area (Å²) < 4.78 is 0. The van der Waals surface area contributed by atoms with E-state index in [0.29, 0.717) is 30.3 Å². The van der Waals surface area contributed by atoms with Gasteiger partial charge >= 0.3 is 17.8 Å². The van der Waals surface area contributed by atoms with Crippen LogP contribution in [0.1, 0.15) is 33.6 Å². The first-order valence-corrected chi connectivity index (χ1v) is 9.44. The second-order valence-corrected chi connectivity index (χ2v) is 8.22. The Hall–Kier alpha value is -2.28. The van der Waals surface area contributed by atoms with Gasteiger partial charge in [-0.3, -0.25) is 9.59 Å². The minimum Gasteiger partial charge on any atom is -0.348 e. The van der Waals surface area contributed by atoms with E-state index >= 15 is 0 Å². The van der Waals surface area contributed by atoms with Gasteiger partial charge in [-0.25, -0.2) is 4.79 Å². The monoisotopic (exact) mass is 394 g/mol. The first-order valence-electron chi connectivity index (χ1n) is 9.06. The van der Waals surface area contributed by atoms with Crippen molar-refractivity contribution in [2.24, 2.45) is 5.92 Å². The first-order chi connectivity index (χ1) is 12.6. The van der Waals surface area contributed by atoms with Crippen LogP contribution in [0.15, 0.2) is 24.3 Å². The molecule has 0 aromatic heterocycles. The third kappa shape index (κ3) is 7.09. The van der Waals surface area contributed by atoms with E-state index in [1.807, 2.05) is 20.8 Å². The lowest BCUT2D eigenvalue weighted by Gasteiger charge is -2.34. The molecule has 0 saturated carbocycles. The molecule has 27 heavy (non-hydrogen) atoms. The number of likely N-dealkylation sites (tertiary alicyclic amines) is 1. The number of anilines is 1. The molecule has 0 spiro atoms. The zero-order chi connectivity index (χ0) is 20.0. The molecule has 7 nitrogen and oxygen atoms in total. The Kier molecular flexibility index (Phi) is 7.07. The van der Waals surface area contributed by atoms with Crippen molar-refractivity contribution in [3.63, 3.8) is 0 Å². The highest BCUT2D eigenvalue weighted by atomic mass is 35.5. The Balaban J connectivity index is 1.72. The number of halogens is 1. The van der Waals surface area contributed by atoms with Gasteiger partial charge in [-0.05, 0) is 57.7 Å². The first kappa shape index (κ1) is 21.0. The van der Waals surface area contributed by atoms with Crippen LogP contribution in [0, 0.1) is 5.92 Å². The van der Waals surface area contributed by atoms with Crippen LogP contribution in [0.2, 0.25) is 5.02 Å². The number of rotatable bonds is 3. The summed E-state index contributed by atoms with van der Waals surface area (Å²) in [4.78, 5) is 37.9. The van der Waals surface area contributed by atoms with E-state index in [0.717, 1.165) is 12.8 Å². The fourth-order valence-electron chi connectivity index (χ4n) is 2.81. The van der Waals surface area contributed by atoms with E-state index in [2.05, 4.69) is 16.0 Å². The van der Waals surface area contributed by atoms with Gasteiger partial charge in [-0.15, -0.1) is 0 Å². The highest BCUT2D eigenvalue weighted by Crippen LogP contribution is 2.17. The maximum atomic E-state index is 12.2. The predicted molar refractivity (Wildman–Crippen MR) is 106 cm³/mol. The Morgan fingerprint density at radius 2 is 1.81 bits per heavy atom. The van der Waals surface area contributed by atoms with Crippen molar-refractivity contribution in [3.05, 3.63) is 29.3 Å². The number of carbonyl (C=O) groups excluding carboxylic acids is 3. The van der Waals surface area contributed by atoms with Crippen LogP contribution in [0.3, 0.4) is 0 Å². The number of hydrogen-bond acceptors (Lipinski definition) is 3. The number of nitrogens with one attached hydrogen (secondary N) is 3. The molecule has 1 saturated heterocycles. The lowest BCUT2D eigenvalue weighted by molar-refractivity contribution is -0.136. The molecule has 0 atom stereocenters. The quantitative estimate of drug-likeness (QED) is 0.688. The Morgan fingerprint density at radius 1 is 1.15 bits per heavy atom. The fraction of sp³-hybridized carbons (Fsp3) is 0.526. The molecule has 1 aliphatic rings. The van der Waals surface area contributed by atoms with Gasteiger partial charge in [0.05, 0.1) is 0 Å². The second kappa shape index (κ2) is 9.08. The van der Waals surface area contributed by atoms with Crippen LogP contribution in [-0.4, -0.2) is 47.9 Å². The van der Waals surface area contributed by atoms with E-state index in [-0.39, 0.29) is 17.5 Å². The number of carbonyl (C=O) groups is 3. The minimum absolute atomic E-state index is 0.0640. The average molecular weight is 395 g/mol. The van der Waals surface area contributed by atoms with Crippen molar-refractivity contribution in [2.75, 3.05) is 25.0 Å². The van der Waals surface area contributed by atoms with E-state index in [4.69, 9.17) is 11.6 Å². The van der Waals surface area contributed by atoms with Crippen LogP contribution >= 0.6 is 11.6 Å². The van der Waals surface area contributed by atoms with E-state index in [1.54, 1.807) is 29.2 Å². The molecular weight excluding hydrogens is 368 g/mol. The summed E-state index contributed by atoms with van der Waals surface area (Å²) in [6, 6.07) is 6.55. The largest absolute Gasteiger partial charge is 0.348 e. The Morgan fingerprint density at radius 3 is 2.41 bits per heavy atom. The summed E-state index contributed by atoms with van der Waals surface area (Å²) in [5.74, 6) is -1.16. The molecule has 0 radical (unpaired) electrons. The van der Waals surface area contributed by atoms with Crippen molar-refractivity contribution in [1.29, 1.82) is 0 Å². The third-order valence-corrected chi connectivity index (χ3v) is 4.46. The predicted octanol–water partition coefficient (Wildman–Crippen LogP) is 2.61. The molecule has 1 aliphatic heterocycles. The van der Waals surface area contributed by atoms with Crippen molar-refractivity contribution >= 4 is 35.1 Å². The number of benzene rings is 1. The minimum atomic E-state index is -0.723. The van der Waals surface area contributed by atoms with Crippen molar-refractivity contribution in [2.45, 2.75) is 39.2 Å². The topological polar surface area (TPSA) is 90.5 Å². The van der Waals surface area contributed by atoms with Gasteiger partial charge < -0.3 is 20.9 Å². The van der Waals surface area contributed by atoms with E-state index in [1.165, 1.54) is 0 Å². The Bertz CT molecular complexity index is 694. The van der Waals surface area contributed by atoms with Crippen LogP contribution in [0.25, 0.3) is 0 Å².